The summed E-state index contributed by atoms with van der Waals surface area (Å²) in [6.45, 7) is 3.40. The average molecular weight is 361 g/mol. The first kappa shape index (κ1) is 18.0. The van der Waals surface area contributed by atoms with E-state index in [0.29, 0.717) is 6.42 Å². The Morgan fingerprint density at radius 3 is 2.67 bits per heavy atom. The molecule has 2 aliphatic rings. The van der Waals surface area contributed by atoms with E-state index in [0.717, 1.165) is 24.6 Å². The number of rotatable bonds is 5. The van der Waals surface area contributed by atoms with Gasteiger partial charge in [-0.1, -0.05) is 48.6 Å². The predicted octanol–water partition coefficient (Wildman–Crippen LogP) is 4.54. The molecule has 3 nitrogen and oxygen atoms in total. The molecule has 0 aliphatic carbocycles. The molecular formula is C24H28N2O. The maximum absolute atomic E-state index is 11.5. The van der Waals surface area contributed by atoms with E-state index in [2.05, 4.69) is 64.8 Å². The van der Waals surface area contributed by atoms with E-state index in [1.54, 1.807) is 0 Å². The summed E-state index contributed by atoms with van der Waals surface area (Å²) in [5, 5.41) is 2.95. The fourth-order valence-corrected chi connectivity index (χ4v) is 4.17. The largest absolute Gasteiger partial charge is 0.326 e. The number of piperidine rings is 1. The molecular weight excluding hydrogens is 332 g/mol. The van der Waals surface area contributed by atoms with Crippen molar-refractivity contribution in [3.63, 3.8) is 0 Å². The van der Waals surface area contributed by atoms with Crippen LogP contribution in [0.4, 0.5) is 5.69 Å². The number of amides is 1. The van der Waals surface area contributed by atoms with Crippen molar-refractivity contribution in [2.75, 3.05) is 25.0 Å². The van der Waals surface area contributed by atoms with Gasteiger partial charge in [-0.25, -0.2) is 0 Å². The standard InChI is InChI=1S/C24H28N2O/c27-24-11-9-22-18-20(8-10-23(22)25-24)7-4-14-26-15-12-21(13-16-26)17-19-5-2-1-3-6-19/h1-8,10,18,21H,9,11-17H2,(H,25,27). The molecule has 0 unspecified atom stereocenters. The average Bonchev–Trinajstić information content (AvgIpc) is 2.70. The number of hydrogen-bond acceptors (Lipinski definition) is 2. The molecule has 0 radical (unpaired) electrons. The zero-order valence-corrected chi connectivity index (χ0v) is 15.9. The Labute approximate surface area is 162 Å². The molecule has 2 aromatic carbocycles. The van der Waals surface area contributed by atoms with Crippen LogP contribution < -0.4 is 5.32 Å². The summed E-state index contributed by atoms with van der Waals surface area (Å²) >= 11 is 0. The van der Waals surface area contributed by atoms with Crippen molar-refractivity contribution in [1.29, 1.82) is 0 Å². The van der Waals surface area contributed by atoms with Crippen LogP contribution in [0.3, 0.4) is 0 Å². The Balaban J connectivity index is 1.25. The molecule has 2 aromatic rings. The fraction of sp³-hybridized carbons (Fsp3) is 0.375. The number of fused-ring (bicyclic) bond motifs is 1. The molecule has 2 aliphatic heterocycles. The van der Waals surface area contributed by atoms with Crippen molar-refractivity contribution < 1.29 is 4.79 Å². The van der Waals surface area contributed by atoms with Gasteiger partial charge in [-0.2, -0.15) is 0 Å². The summed E-state index contributed by atoms with van der Waals surface area (Å²) in [7, 11) is 0. The van der Waals surface area contributed by atoms with Gasteiger partial charge in [0.05, 0.1) is 0 Å². The zero-order valence-electron chi connectivity index (χ0n) is 15.9. The third kappa shape index (κ3) is 4.86. The maximum Gasteiger partial charge on any atom is 0.224 e. The van der Waals surface area contributed by atoms with Crippen LogP contribution in [0.1, 0.15) is 36.0 Å². The molecule has 140 valence electrons. The molecule has 27 heavy (non-hydrogen) atoms. The van der Waals surface area contributed by atoms with E-state index < -0.39 is 0 Å². The molecule has 0 spiro atoms. The van der Waals surface area contributed by atoms with Gasteiger partial charge in [0.25, 0.3) is 0 Å². The Bertz CT molecular complexity index is 804. The van der Waals surface area contributed by atoms with Crippen molar-refractivity contribution in [2.45, 2.75) is 32.1 Å². The Morgan fingerprint density at radius 1 is 1.04 bits per heavy atom. The molecule has 1 amide bonds. The van der Waals surface area contributed by atoms with E-state index in [-0.39, 0.29) is 5.91 Å². The van der Waals surface area contributed by atoms with Crippen LogP contribution in [-0.2, 0) is 17.6 Å². The first-order valence-corrected chi connectivity index (χ1v) is 10.1. The van der Waals surface area contributed by atoms with Gasteiger partial charge in [-0.05, 0) is 73.5 Å². The fourth-order valence-electron chi connectivity index (χ4n) is 4.17. The molecule has 1 saturated heterocycles. The van der Waals surface area contributed by atoms with Gasteiger partial charge in [0.1, 0.15) is 0 Å². The van der Waals surface area contributed by atoms with Crippen molar-refractivity contribution >= 4 is 17.7 Å². The summed E-state index contributed by atoms with van der Waals surface area (Å²) in [5.74, 6) is 0.949. The monoisotopic (exact) mass is 360 g/mol. The molecule has 4 rings (SSSR count). The van der Waals surface area contributed by atoms with Gasteiger partial charge in [0, 0.05) is 18.7 Å². The van der Waals surface area contributed by atoms with E-state index in [1.165, 1.54) is 49.0 Å². The van der Waals surface area contributed by atoms with Crippen LogP contribution in [-0.4, -0.2) is 30.4 Å². The molecule has 0 aromatic heterocycles. The van der Waals surface area contributed by atoms with Crippen molar-refractivity contribution in [2.24, 2.45) is 5.92 Å². The van der Waals surface area contributed by atoms with Crippen molar-refractivity contribution in [3.8, 4) is 0 Å². The van der Waals surface area contributed by atoms with Crippen LogP contribution in [0, 0.1) is 5.92 Å². The van der Waals surface area contributed by atoms with Crippen molar-refractivity contribution in [3.05, 3.63) is 71.3 Å². The number of aryl methyl sites for hydroxylation is 1. The van der Waals surface area contributed by atoms with Gasteiger partial charge in [-0.3, -0.25) is 9.69 Å². The second-order valence-electron chi connectivity index (χ2n) is 7.80. The highest BCUT2D eigenvalue weighted by Gasteiger charge is 2.18. The first-order chi connectivity index (χ1) is 13.3. The minimum Gasteiger partial charge on any atom is -0.326 e. The third-order valence-electron chi connectivity index (χ3n) is 5.77. The zero-order chi connectivity index (χ0) is 18.5. The maximum atomic E-state index is 11.5. The van der Waals surface area contributed by atoms with Gasteiger partial charge in [0.2, 0.25) is 5.91 Å². The van der Waals surface area contributed by atoms with E-state index in [4.69, 9.17) is 0 Å². The van der Waals surface area contributed by atoms with Crippen LogP contribution in [0.5, 0.6) is 0 Å². The van der Waals surface area contributed by atoms with Crippen LogP contribution in [0.2, 0.25) is 0 Å². The second-order valence-corrected chi connectivity index (χ2v) is 7.80. The van der Waals surface area contributed by atoms with Gasteiger partial charge >= 0.3 is 0 Å². The lowest BCUT2D eigenvalue weighted by Crippen LogP contribution is -2.34. The lowest BCUT2D eigenvalue weighted by atomic mass is 9.90. The smallest absolute Gasteiger partial charge is 0.224 e. The Kier molecular flexibility index (Phi) is 5.69. The topological polar surface area (TPSA) is 32.3 Å². The van der Waals surface area contributed by atoms with Crippen LogP contribution in [0.15, 0.2) is 54.6 Å². The number of anilines is 1. The van der Waals surface area contributed by atoms with E-state index >= 15 is 0 Å². The highest BCUT2D eigenvalue weighted by atomic mass is 16.1. The minimum atomic E-state index is 0.126. The number of carbonyl (C=O) groups excluding carboxylic acids is 1. The van der Waals surface area contributed by atoms with Crippen LogP contribution >= 0.6 is 0 Å². The van der Waals surface area contributed by atoms with Gasteiger partial charge in [-0.15, -0.1) is 0 Å². The third-order valence-corrected chi connectivity index (χ3v) is 5.77. The quantitative estimate of drug-likeness (QED) is 0.849. The Morgan fingerprint density at radius 2 is 1.85 bits per heavy atom. The summed E-state index contributed by atoms with van der Waals surface area (Å²) < 4.78 is 0. The molecule has 1 fully saturated rings. The van der Waals surface area contributed by atoms with Gasteiger partial charge in [0.15, 0.2) is 0 Å². The first-order valence-electron chi connectivity index (χ1n) is 10.1. The SMILES string of the molecule is O=C1CCc2cc(C=CCN3CCC(Cc4ccccc4)CC3)ccc2N1. The lowest BCUT2D eigenvalue weighted by molar-refractivity contribution is -0.116. The van der Waals surface area contributed by atoms with E-state index in [9.17, 15) is 4.79 Å². The predicted molar refractivity (Wildman–Crippen MR) is 112 cm³/mol. The summed E-state index contributed by atoms with van der Waals surface area (Å²) in [5.41, 5.74) is 4.92. The molecule has 1 N–H and O–H groups in total. The number of benzene rings is 2. The van der Waals surface area contributed by atoms with Crippen LogP contribution in [0.25, 0.3) is 6.08 Å². The second kappa shape index (κ2) is 8.53. The number of carbonyl (C=O) groups is 1. The molecule has 0 bridgehead atoms. The number of hydrogen-bond donors (Lipinski definition) is 1. The summed E-state index contributed by atoms with van der Waals surface area (Å²) in [6, 6.07) is 17.2. The number of nitrogens with one attached hydrogen (secondary N) is 1. The number of likely N-dealkylation sites (tertiary alicyclic amines) is 1. The summed E-state index contributed by atoms with van der Waals surface area (Å²) in [6.07, 6.45) is 9.74. The lowest BCUT2D eigenvalue weighted by Gasteiger charge is -2.31. The number of nitrogens with zero attached hydrogens (tertiary/aromatic N) is 1. The highest BCUT2D eigenvalue weighted by molar-refractivity contribution is 5.94. The highest BCUT2D eigenvalue weighted by Crippen LogP contribution is 2.24. The molecule has 2 heterocycles. The van der Waals surface area contributed by atoms with E-state index in [1.807, 2.05) is 6.07 Å². The summed E-state index contributed by atoms with van der Waals surface area (Å²) in [4.78, 5) is 14.0. The molecule has 3 heteroatoms. The molecule has 0 atom stereocenters. The Hall–Kier alpha value is -2.39. The normalized spacial score (nSPS) is 18.4. The minimum absolute atomic E-state index is 0.126. The molecule has 0 saturated carbocycles. The van der Waals surface area contributed by atoms with Crippen molar-refractivity contribution in [1.82, 2.24) is 4.90 Å². The van der Waals surface area contributed by atoms with Gasteiger partial charge < -0.3 is 5.32 Å².